The quantitative estimate of drug-likeness (QED) is 0.327. The van der Waals surface area contributed by atoms with Crippen LogP contribution < -0.4 is 0 Å². The highest BCUT2D eigenvalue weighted by molar-refractivity contribution is 8.25. The largest absolute Gasteiger partial charge is 0.462 e. The fraction of sp³-hybridized carbons (Fsp3) is 0.700. The second-order valence-electron chi connectivity index (χ2n) is 4.06. The van der Waals surface area contributed by atoms with E-state index >= 15 is 0 Å². The summed E-state index contributed by atoms with van der Waals surface area (Å²) < 4.78 is 132. The molecule has 1 unspecified atom stereocenters. The summed E-state index contributed by atoms with van der Waals surface area (Å²) in [5.74, 6) is -11.4. The summed E-state index contributed by atoms with van der Waals surface area (Å²) in [5.41, 5.74) is 0. The molecular formula is C10H10F10O3S. The molecule has 0 aliphatic rings. The van der Waals surface area contributed by atoms with Crippen LogP contribution in [0.5, 0.6) is 0 Å². The standard InChI is InChI=1S/C10H10F10O3S/c1-2-7(21)22-3-4-24(19,20)5-6(11)23-10(17,18)8(12,13)9(14,15)16/h2,6H,1,3-5H2. The van der Waals surface area contributed by atoms with E-state index in [4.69, 9.17) is 0 Å². The monoisotopic (exact) mass is 400 g/mol. The van der Waals surface area contributed by atoms with Crippen LogP contribution in [-0.2, 0) is 14.3 Å². The van der Waals surface area contributed by atoms with E-state index in [2.05, 4.69) is 16.1 Å². The van der Waals surface area contributed by atoms with Crippen molar-refractivity contribution in [3.8, 4) is 0 Å². The molecule has 0 heterocycles. The van der Waals surface area contributed by atoms with E-state index in [0.29, 0.717) is 6.08 Å². The molecule has 0 bridgehead atoms. The number of rotatable bonds is 9. The fourth-order valence-electron chi connectivity index (χ4n) is 1.03. The lowest BCUT2D eigenvalue weighted by Gasteiger charge is -2.30. The third kappa shape index (κ3) is 6.37. The summed E-state index contributed by atoms with van der Waals surface area (Å²) >= 11 is 0. The van der Waals surface area contributed by atoms with Crippen molar-refractivity contribution < 1.29 is 57.2 Å². The topological polar surface area (TPSA) is 35.5 Å². The number of hydrogen-bond acceptors (Lipinski definition) is 3. The van der Waals surface area contributed by atoms with Crippen molar-refractivity contribution in [2.24, 2.45) is 0 Å². The van der Waals surface area contributed by atoms with Gasteiger partial charge >= 0.3 is 24.2 Å². The van der Waals surface area contributed by atoms with E-state index in [1.54, 1.807) is 0 Å². The Morgan fingerprint density at radius 1 is 1.12 bits per heavy atom. The van der Waals surface area contributed by atoms with Crippen LogP contribution in [0.15, 0.2) is 12.7 Å². The van der Waals surface area contributed by atoms with Gasteiger partial charge in [-0.15, -0.1) is 0 Å². The third-order valence-electron chi connectivity index (χ3n) is 2.17. The van der Waals surface area contributed by atoms with E-state index in [1.165, 1.54) is 0 Å². The fourth-order valence-corrected chi connectivity index (χ4v) is 1.98. The molecule has 0 aliphatic heterocycles. The highest BCUT2D eigenvalue weighted by Crippen LogP contribution is 2.53. The maximum atomic E-state index is 13.2. The lowest BCUT2D eigenvalue weighted by molar-refractivity contribution is -0.437. The van der Waals surface area contributed by atoms with Crippen LogP contribution in [0.1, 0.15) is 0 Å². The molecule has 0 spiro atoms. The normalized spacial score (nSPS) is 15.8. The van der Waals surface area contributed by atoms with E-state index < -0.39 is 59.4 Å². The van der Waals surface area contributed by atoms with Crippen LogP contribution >= 0.6 is 10.8 Å². The molecule has 14 heteroatoms. The highest BCUT2D eigenvalue weighted by atomic mass is 32.3. The molecule has 0 saturated heterocycles. The zero-order chi connectivity index (χ0) is 19.4. The Labute approximate surface area is 130 Å². The van der Waals surface area contributed by atoms with E-state index in [-0.39, 0.29) is 0 Å². The summed E-state index contributed by atoms with van der Waals surface area (Å²) in [6, 6.07) is 0. The molecule has 0 N–H and O–H groups in total. The molecule has 24 heavy (non-hydrogen) atoms. The number of carbonyl (C=O) groups excluding carboxylic acids is 1. The van der Waals surface area contributed by atoms with Crippen LogP contribution in [0.4, 0.5) is 42.9 Å². The first-order valence-corrected chi connectivity index (χ1v) is 7.44. The summed E-state index contributed by atoms with van der Waals surface area (Å²) in [6.07, 6.45) is -16.4. The number of esters is 1. The van der Waals surface area contributed by atoms with Crippen molar-refractivity contribution in [1.82, 2.24) is 0 Å². The molecule has 3 nitrogen and oxygen atoms in total. The van der Waals surface area contributed by atoms with Gasteiger partial charge in [0, 0.05) is 6.08 Å². The molecule has 0 fully saturated rings. The average Bonchev–Trinajstić information content (AvgIpc) is 2.34. The van der Waals surface area contributed by atoms with Gasteiger partial charge in [-0.25, -0.2) is 9.18 Å². The van der Waals surface area contributed by atoms with Crippen molar-refractivity contribution >= 4 is 16.8 Å². The van der Waals surface area contributed by atoms with Gasteiger partial charge < -0.3 is 4.74 Å². The smallest absolute Gasteiger partial charge is 0.462 e. The Morgan fingerprint density at radius 3 is 2.04 bits per heavy atom. The van der Waals surface area contributed by atoms with Crippen LogP contribution in [-0.4, -0.2) is 48.6 Å². The van der Waals surface area contributed by atoms with Gasteiger partial charge in [-0.05, 0) is 0 Å². The van der Waals surface area contributed by atoms with Crippen molar-refractivity contribution in [3.05, 3.63) is 12.7 Å². The molecule has 0 amide bonds. The predicted molar refractivity (Wildman–Crippen MR) is 62.6 cm³/mol. The number of halogens is 10. The van der Waals surface area contributed by atoms with Gasteiger partial charge in [-0.3, -0.25) is 4.74 Å². The molecule has 0 saturated carbocycles. The van der Waals surface area contributed by atoms with E-state index in [9.17, 15) is 47.7 Å². The van der Waals surface area contributed by atoms with E-state index in [0.717, 1.165) is 0 Å². The zero-order valence-electron chi connectivity index (χ0n) is 11.4. The van der Waals surface area contributed by atoms with Crippen LogP contribution in [0.25, 0.3) is 0 Å². The minimum atomic E-state index is -6.79. The first-order valence-electron chi connectivity index (χ1n) is 5.67. The maximum absolute atomic E-state index is 13.2. The van der Waals surface area contributed by atoms with Gasteiger partial charge in [0.05, 0.1) is 22.3 Å². The molecular weight excluding hydrogens is 390 g/mol. The lowest BCUT2D eigenvalue weighted by Crippen LogP contribution is -2.54. The average molecular weight is 400 g/mol. The van der Waals surface area contributed by atoms with Gasteiger partial charge in [0.15, 0.2) is 0 Å². The molecule has 0 radical (unpaired) electrons. The van der Waals surface area contributed by atoms with Gasteiger partial charge in [-0.2, -0.15) is 38.5 Å². The molecule has 0 aromatic rings. The van der Waals surface area contributed by atoms with Crippen molar-refractivity contribution in [1.29, 1.82) is 0 Å². The molecule has 0 aliphatic carbocycles. The zero-order valence-corrected chi connectivity index (χ0v) is 12.2. The summed E-state index contributed by atoms with van der Waals surface area (Å²) in [7, 11) is -5.11. The Kier molecular flexibility index (Phi) is 7.42. The van der Waals surface area contributed by atoms with Crippen molar-refractivity contribution in [2.75, 3.05) is 18.1 Å². The van der Waals surface area contributed by atoms with Crippen LogP contribution in [0.3, 0.4) is 0 Å². The number of carbonyl (C=O) groups is 1. The molecule has 0 aromatic heterocycles. The third-order valence-corrected chi connectivity index (χ3v) is 3.68. The number of hydrogen-bond donors (Lipinski definition) is 0. The predicted octanol–water partition coefficient (Wildman–Crippen LogP) is 4.39. The molecule has 0 rings (SSSR count). The minimum absolute atomic E-state index is 0.605. The molecule has 1 atom stereocenters. The summed E-state index contributed by atoms with van der Waals surface area (Å²) in [4.78, 5) is 10.5. The van der Waals surface area contributed by atoms with Crippen molar-refractivity contribution in [2.45, 2.75) is 24.6 Å². The first-order chi connectivity index (χ1) is 10.6. The van der Waals surface area contributed by atoms with E-state index in [1.807, 2.05) is 0 Å². The van der Waals surface area contributed by atoms with Gasteiger partial charge in [0.1, 0.15) is 6.61 Å². The second-order valence-corrected chi connectivity index (χ2v) is 6.20. The number of ether oxygens (including phenoxy) is 2. The maximum Gasteiger partial charge on any atom is 0.462 e. The van der Waals surface area contributed by atoms with Gasteiger partial charge in [0.25, 0.3) is 0 Å². The number of alkyl halides is 8. The lowest BCUT2D eigenvalue weighted by atomic mass is 10.3. The minimum Gasteiger partial charge on any atom is -0.462 e. The molecule has 144 valence electrons. The Bertz CT molecular complexity index is 451. The second kappa shape index (κ2) is 7.80. The van der Waals surface area contributed by atoms with Gasteiger partial charge in [-0.1, -0.05) is 6.58 Å². The summed E-state index contributed by atoms with van der Waals surface area (Å²) in [5, 5.41) is 0. The SMILES string of the molecule is C=CC(=O)OCCS(F)(F)CC(F)OC(F)(F)C(F)(F)C(F)(F)F. The summed E-state index contributed by atoms with van der Waals surface area (Å²) in [6.45, 7) is 1.95. The first kappa shape index (κ1) is 22.8. The van der Waals surface area contributed by atoms with Crippen LogP contribution in [0.2, 0.25) is 0 Å². The van der Waals surface area contributed by atoms with Crippen LogP contribution in [0, 0.1) is 0 Å². The highest BCUT2D eigenvalue weighted by Gasteiger charge is 2.75. The Morgan fingerprint density at radius 2 is 1.62 bits per heavy atom. The van der Waals surface area contributed by atoms with Gasteiger partial charge in [0.2, 0.25) is 6.36 Å². The molecule has 0 aromatic carbocycles. The Hall–Kier alpha value is -1.18. The Balaban J connectivity index is 4.73. The van der Waals surface area contributed by atoms with Crippen molar-refractivity contribution in [3.63, 3.8) is 0 Å².